The number of halogens is 2. The summed E-state index contributed by atoms with van der Waals surface area (Å²) in [7, 11) is 1.22. The molecular formula is C10H8F2N2O3. The second-order valence-electron chi connectivity index (χ2n) is 3.08. The Hall–Kier alpha value is -2.23. The minimum absolute atomic E-state index is 0.00861. The molecule has 0 atom stereocenters. The Balaban J connectivity index is 3.34. The van der Waals surface area contributed by atoms with Crippen molar-refractivity contribution in [3.8, 4) is 11.9 Å². The lowest BCUT2D eigenvalue weighted by Gasteiger charge is -2.09. The second-order valence-corrected chi connectivity index (χ2v) is 3.08. The summed E-state index contributed by atoms with van der Waals surface area (Å²) in [6, 6.07) is 2.45. The van der Waals surface area contributed by atoms with Crippen molar-refractivity contribution >= 4 is 5.97 Å². The summed E-state index contributed by atoms with van der Waals surface area (Å²) >= 11 is 0. The van der Waals surface area contributed by atoms with Crippen LogP contribution in [0.2, 0.25) is 0 Å². The summed E-state index contributed by atoms with van der Waals surface area (Å²) in [5.74, 6) is -1.33. The number of carbonyl (C=O) groups is 1. The lowest BCUT2D eigenvalue weighted by molar-refractivity contribution is -0.136. The molecule has 1 rings (SSSR count). The fraction of sp³-hybridized carbons (Fsp3) is 0.300. The summed E-state index contributed by atoms with van der Waals surface area (Å²) in [5, 5.41) is 17.2. The van der Waals surface area contributed by atoms with Gasteiger partial charge in [-0.2, -0.15) is 5.26 Å². The molecule has 1 aromatic rings. The molecular weight excluding hydrogens is 234 g/mol. The van der Waals surface area contributed by atoms with E-state index in [2.05, 4.69) is 4.98 Å². The highest BCUT2D eigenvalue weighted by atomic mass is 19.3. The Morgan fingerprint density at radius 3 is 2.76 bits per heavy atom. The van der Waals surface area contributed by atoms with Gasteiger partial charge in [0.15, 0.2) is 5.69 Å². The van der Waals surface area contributed by atoms with E-state index in [9.17, 15) is 13.6 Å². The van der Waals surface area contributed by atoms with Crippen LogP contribution in [0.4, 0.5) is 8.78 Å². The molecule has 5 nitrogen and oxygen atoms in total. The third-order valence-corrected chi connectivity index (χ3v) is 1.97. The lowest BCUT2D eigenvalue weighted by Crippen LogP contribution is -2.07. The van der Waals surface area contributed by atoms with E-state index in [1.165, 1.54) is 13.2 Å². The molecule has 1 heterocycles. The molecule has 7 heteroatoms. The molecule has 0 saturated heterocycles. The van der Waals surface area contributed by atoms with Crippen LogP contribution in [0.15, 0.2) is 6.07 Å². The van der Waals surface area contributed by atoms with E-state index in [1.807, 2.05) is 0 Å². The van der Waals surface area contributed by atoms with Gasteiger partial charge in [-0.25, -0.2) is 13.8 Å². The number of methoxy groups -OCH3 is 1. The van der Waals surface area contributed by atoms with Gasteiger partial charge in [0.1, 0.15) is 6.07 Å². The van der Waals surface area contributed by atoms with Crippen LogP contribution in [-0.4, -0.2) is 23.2 Å². The number of hydrogen-bond donors (Lipinski definition) is 1. The lowest BCUT2D eigenvalue weighted by atomic mass is 10.1. The van der Waals surface area contributed by atoms with Crippen LogP contribution in [0.3, 0.4) is 0 Å². The first-order chi connectivity index (χ1) is 7.99. The average Bonchev–Trinajstić information content (AvgIpc) is 2.27. The van der Waals surface area contributed by atoms with Gasteiger partial charge < -0.3 is 9.84 Å². The van der Waals surface area contributed by atoms with E-state index in [4.69, 9.17) is 15.1 Å². The van der Waals surface area contributed by atoms with E-state index in [-0.39, 0.29) is 11.4 Å². The van der Waals surface area contributed by atoms with Gasteiger partial charge in [0.2, 0.25) is 5.88 Å². The number of carboxylic acids is 1. The fourth-order valence-corrected chi connectivity index (χ4v) is 1.28. The molecule has 0 aliphatic carbocycles. The van der Waals surface area contributed by atoms with Gasteiger partial charge in [0.25, 0.3) is 6.43 Å². The number of aromatic nitrogens is 1. The molecule has 17 heavy (non-hydrogen) atoms. The zero-order valence-corrected chi connectivity index (χ0v) is 8.78. The van der Waals surface area contributed by atoms with Crippen molar-refractivity contribution in [3.05, 3.63) is 22.9 Å². The SMILES string of the molecule is COc1nc(C#N)c(C(F)F)cc1CC(=O)O. The highest BCUT2D eigenvalue weighted by molar-refractivity contribution is 5.71. The molecule has 0 aromatic carbocycles. The number of hydrogen-bond acceptors (Lipinski definition) is 4. The van der Waals surface area contributed by atoms with Gasteiger partial charge in [0, 0.05) is 5.56 Å². The van der Waals surface area contributed by atoms with Crippen LogP contribution in [0, 0.1) is 11.3 Å². The summed E-state index contributed by atoms with van der Waals surface area (Å²) in [6.07, 6.45) is -3.39. The predicted molar refractivity (Wildman–Crippen MR) is 51.8 cm³/mol. The van der Waals surface area contributed by atoms with Crippen LogP contribution in [-0.2, 0) is 11.2 Å². The molecule has 1 N–H and O–H groups in total. The topological polar surface area (TPSA) is 83.2 Å². The molecule has 0 spiro atoms. The zero-order chi connectivity index (χ0) is 13.0. The van der Waals surface area contributed by atoms with Crippen molar-refractivity contribution in [1.82, 2.24) is 4.98 Å². The van der Waals surface area contributed by atoms with E-state index >= 15 is 0 Å². The average molecular weight is 242 g/mol. The third kappa shape index (κ3) is 2.87. The van der Waals surface area contributed by atoms with E-state index in [0.717, 1.165) is 6.07 Å². The number of alkyl halides is 2. The highest BCUT2D eigenvalue weighted by Gasteiger charge is 2.20. The smallest absolute Gasteiger partial charge is 0.308 e. The van der Waals surface area contributed by atoms with Crippen molar-refractivity contribution < 1.29 is 23.4 Å². The number of rotatable bonds is 4. The second kappa shape index (κ2) is 5.21. The van der Waals surface area contributed by atoms with Crippen LogP contribution >= 0.6 is 0 Å². The Labute approximate surface area is 95.3 Å². The fourth-order valence-electron chi connectivity index (χ4n) is 1.28. The van der Waals surface area contributed by atoms with Crippen molar-refractivity contribution in [2.24, 2.45) is 0 Å². The standard InChI is InChI=1S/C10H8F2N2O3/c1-17-10-5(3-8(15)16)2-6(9(11)12)7(4-13)14-10/h2,9H,3H2,1H3,(H,15,16). The third-order valence-electron chi connectivity index (χ3n) is 1.97. The van der Waals surface area contributed by atoms with E-state index < -0.39 is 30.1 Å². The number of nitriles is 1. The molecule has 1 aromatic heterocycles. The minimum atomic E-state index is -2.89. The normalized spacial score (nSPS) is 10.1. The Kier molecular flexibility index (Phi) is 3.93. The first-order valence-electron chi connectivity index (χ1n) is 4.47. The summed E-state index contributed by atoms with van der Waals surface area (Å²) in [4.78, 5) is 14.1. The van der Waals surface area contributed by atoms with Crippen molar-refractivity contribution in [3.63, 3.8) is 0 Å². The largest absolute Gasteiger partial charge is 0.481 e. The number of ether oxygens (including phenoxy) is 1. The van der Waals surface area contributed by atoms with Crippen LogP contribution in [0.1, 0.15) is 23.2 Å². The molecule has 90 valence electrons. The molecule has 0 aliphatic rings. The maximum absolute atomic E-state index is 12.6. The van der Waals surface area contributed by atoms with Crippen molar-refractivity contribution in [2.75, 3.05) is 7.11 Å². The monoisotopic (exact) mass is 242 g/mol. The van der Waals surface area contributed by atoms with Crippen LogP contribution < -0.4 is 4.74 Å². The van der Waals surface area contributed by atoms with Crippen molar-refractivity contribution in [2.45, 2.75) is 12.8 Å². The zero-order valence-electron chi connectivity index (χ0n) is 8.78. The Morgan fingerprint density at radius 1 is 1.71 bits per heavy atom. The molecule has 0 bridgehead atoms. The molecule has 0 saturated carbocycles. The number of nitrogens with zero attached hydrogens (tertiary/aromatic N) is 2. The predicted octanol–water partition coefficient (Wildman–Crippen LogP) is 1.53. The minimum Gasteiger partial charge on any atom is -0.481 e. The van der Waals surface area contributed by atoms with Crippen molar-refractivity contribution in [1.29, 1.82) is 5.26 Å². The molecule has 0 unspecified atom stereocenters. The van der Waals surface area contributed by atoms with Gasteiger partial charge in [-0.05, 0) is 6.07 Å². The molecule has 0 aliphatic heterocycles. The maximum Gasteiger partial charge on any atom is 0.308 e. The molecule has 0 fully saturated rings. The molecule has 0 radical (unpaired) electrons. The van der Waals surface area contributed by atoms with Gasteiger partial charge in [-0.3, -0.25) is 4.79 Å². The van der Waals surface area contributed by atoms with Gasteiger partial charge in [-0.1, -0.05) is 0 Å². The first-order valence-corrected chi connectivity index (χ1v) is 4.47. The van der Waals surface area contributed by atoms with Gasteiger partial charge in [-0.15, -0.1) is 0 Å². The van der Waals surface area contributed by atoms with E-state index in [0.29, 0.717) is 0 Å². The van der Waals surface area contributed by atoms with E-state index in [1.54, 1.807) is 0 Å². The molecule has 0 amide bonds. The number of pyridine rings is 1. The highest BCUT2D eigenvalue weighted by Crippen LogP contribution is 2.27. The number of aliphatic carboxylic acids is 1. The summed E-state index contributed by atoms with van der Waals surface area (Å²) < 4.78 is 29.9. The maximum atomic E-state index is 12.6. The van der Waals surface area contributed by atoms with Gasteiger partial charge >= 0.3 is 5.97 Å². The number of carboxylic acid groups (broad SMARTS) is 1. The summed E-state index contributed by atoms with van der Waals surface area (Å²) in [6.45, 7) is 0. The van der Waals surface area contributed by atoms with Crippen LogP contribution in [0.25, 0.3) is 0 Å². The van der Waals surface area contributed by atoms with Crippen LogP contribution in [0.5, 0.6) is 5.88 Å². The van der Waals surface area contributed by atoms with Gasteiger partial charge in [0.05, 0.1) is 19.1 Å². The Bertz CT molecular complexity index is 483. The summed E-state index contributed by atoms with van der Waals surface area (Å²) in [5.41, 5.74) is -1.05. The Morgan fingerprint density at radius 2 is 2.35 bits per heavy atom. The quantitative estimate of drug-likeness (QED) is 0.865. The first kappa shape index (κ1) is 12.8.